The molecule has 0 aromatic carbocycles. The molecule has 1 aromatic heterocycles. The van der Waals surface area contributed by atoms with Gasteiger partial charge in [0.25, 0.3) is 0 Å². The van der Waals surface area contributed by atoms with Gasteiger partial charge in [-0.05, 0) is 38.9 Å². The highest BCUT2D eigenvalue weighted by Crippen LogP contribution is 2.36. The van der Waals surface area contributed by atoms with Gasteiger partial charge in [-0.15, -0.1) is 0 Å². The third-order valence-corrected chi connectivity index (χ3v) is 3.82. The van der Waals surface area contributed by atoms with Crippen LogP contribution in [0.3, 0.4) is 0 Å². The van der Waals surface area contributed by atoms with E-state index in [2.05, 4.69) is 27.8 Å². The van der Waals surface area contributed by atoms with E-state index in [4.69, 9.17) is 0 Å². The zero-order valence-corrected chi connectivity index (χ0v) is 8.69. The van der Waals surface area contributed by atoms with Crippen molar-refractivity contribution in [3.63, 3.8) is 0 Å². The Kier molecular flexibility index (Phi) is 1.87. The van der Waals surface area contributed by atoms with Crippen LogP contribution in [-0.4, -0.2) is 34.3 Å². The van der Waals surface area contributed by atoms with Crippen LogP contribution < -0.4 is 0 Å². The first-order valence-electron chi connectivity index (χ1n) is 5.58. The fourth-order valence-corrected chi connectivity index (χ4v) is 3.09. The van der Waals surface area contributed by atoms with Crippen molar-refractivity contribution in [2.24, 2.45) is 0 Å². The molecule has 2 unspecified atom stereocenters. The Hall–Kier alpha value is -0.830. The number of rotatable bonds is 0. The molecule has 3 rings (SSSR count). The molecule has 2 aliphatic heterocycles. The Balaban J connectivity index is 1.96. The second-order valence-electron chi connectivity index (χ2n) is 4.56. The molecule has 0 bridgehead atoms. The standard InChI is InChI=1S/C11H17N3/c1-13-7-2-3-9-10(13)5-8-14-11(9)4-6-12-14/h4,6,9-10H,2-3,5,7-8H2,1H3. The molecule has 76 valence electrons. The first kappa shape index (κ1) is 8.48. The number of nitrogens with zero attached hydrogens (tertiary/aromatic N) is 3. The van der Waals surface area contributed by atoms with Crippen LogP contribution in [0.15, 0.2) is 12.3 Å². The molecule has 2 atom stereocenters. The molecular weight excluding hydrogens is 174 g/mol. The van der Waals surface area contributed by atoms with Gasteiger partial charge in [-0.3, -0.25) is 4.68 Å². The van der Waals surface area contributed by atoms with E-state index in [1.165, 1.54) is 31.5 Å². The smallest absolute Gasteiger partial charge is 0.0492 e. The van der Waals surface area contributed by atoms with Gasteiger partial charge in [0.05, 0.1) is 0 Å². The van der Waals surface area contributed by atoms with E-state index in [1.807, 2.05) is 6.20 Å². The van der Waals surface area contributed by atoms with Crippen molar-refractivity contribution in [2.45, 2.75) is 37.8 Å². The molecule has 1 saturated heterocycles. The van der Waals surface area contributed by atoms with Crippen LogP contribution in [0.5, 0.6) is 0 Å². The zero-order chi connectivity index (χ0) is 9.54. The van der Waals surface area contributed by atoms with Gasteiger partial charge in [-0.1, -0.05) is 0 Å². The number of hydrogen-bond acceptors (Lipinski definition) is 2. The molecule has 0 N–H and O–H groups in total. The number of likely N-dealkylation sites (tertiary alicyclic amines) is 1. The quantitative estimate of drug-likeness (QED) is 0.619. The van der Waals surface area contributed by atoms with Crippen LogP contribution in [0.1, 0.15) is 30.9 Å². The van der Waals surface area contributed by atoms with Crippen molar-refractivity contribution in [3.05, 3.63) is 18.0 Å². The fourth-order valence-electron chi connectivity index (χ4n) is 3.09. The molecule has 14 heavy (non-hydrogen) atoms. The minimum absolute atomic E-state index is 0.741. The van der Waals surface area contributed by atoms with Crippen molar-refractivity contribution in [2.75, 3.05) is 13.6 Å². The normalized spacial score (nSPS) is 32.4. The topological polar surface area (TPSA) is 21.1 Å². The minimum Gasteiger partial charge on any atom is -0.303 e. The molecular formula is C11H17N3. The van der Waals surface area contributed by atoms with E-state index >= 15 is 0 Å². The van der Waals surface area contributed by atoms with E-state index in [-0.39, 0.29) is 0 Å². The van der Waals surface area contributed by atoms with Crippen molar-refractivity contribution in [1.82, 2.24) is 14.7 Å². The second-order valence-corrected chi connectivity index (χ2v) is 4.56. The predicted octanol–water partition coefficient (Wildman–Crippen LogP) is 1.46. The van der Waals surface area contributed by atoms with Gasteiger partial charge in [-0.2, -0.15) is 5.10 Å². The Morgan fingerprint density at radius 1 is 1.36 bits per heavy atom. The third kappa shape index (κ3) is 1.12. The maximum Gasteiger partial charge on any atom is 0.0492 e. The summed E-state index contributed by atoms with van der Waals surface area (Å²) in [6.07, 6.45) is 5.91. The Morgan fingerprint density at radius 2 is 2.29 bits per heavy atom. The highest BCUT2D eigenvalue weighted by atomic mass is 15.3. The van der Waals surface area contributed by atoms with Crippen LogP contribution in [0.4, 0.5) is 0 Å². The molecule has 0 radical (unpaired) electrons. The summed E-state index contributed by atoms with van der Waals surface area (Å²) in [4.78, 5) is 2.53. The van der Waals surface area contributed by atoms with E-state index in [9.17, 15) is 0 Å². The Morgan fingerprint density at radius 3 is 3.21 bits per heavy atom. The van der Waals surface area contributed by atoms with Gasteiger partial charge in [0.1, 0.15) is 0 Å². The lowest BCUT2D eigenvalue weighted by Crippen LogP contribution is -2.45. The molecule has 2 aliphatic rings. The van der Waals surface area contributed by atoms with E-state index in [0.717, 1.165) is 18.5 Å². The second kappa shape index (κ2) is 3.09. The molecule has 3 nitrogen and oxygen atoms in total. The number of hydrogen-bond donors (Lipinski definition) is 0. The van der Waals surface area contributed by atoms with E-state index < -0.39 is 0 Å². The third-order valence-electron chi connectivity index (χ3n) is 3.82. The fraction of sp³-hybridized carbons (Fsp3) is 0.727. The number of fused-ring (bicyclic) bond motifs is 3. The van der Waals surface area contributed by atoms with Crippen molar-refractivity contribution >= 4 is 0 Å². The molecule has 0 saturated carbocycles. The summed E-state index contributed by atoms with van der Waals surface area (Å²) in [6.45, 7) is 2.38. The molecule has 3 heteroatoms. The zero-order valence-electron chi connectivity index (χ0n) is 8.69. The maximum absolute atomic E-state index is 4.37. The highest BCUT2D eigenvalue weighted by Gasteiger charge is 2.34. The number of aromatic nitrogens is 2. The average Bonchev–Trinajstić information content (AvgIpc) is 2.66. The molecule has 0 amide bonds. The number of aryl methyl sites for hydroxylation is 1. The first-order valence-corrected chi connectivity index (χ1v) is 5.58. The minimum atomic E-state index is 0.741. The summed E-state index contributed by atoms with van der Waals surface area (Å²) in [5.41, 5.74) is 1.47. The number of likely N-dealkylation sites (N-methyl/N-ethyl adjacent to an activating group) is 1. The van der Waals surface area contributed by atoms with Gasteiger partial charge in [-0.25, -0.2) is 0 Å². The SMILES string of the molecule is CN1CCCC2c3ccnn3CCC21. The van der Waals surface area contributed by atoms with Gasteiger partial charge in [0.15, 0.2) is 0 Å². The summed E-state index contributed by atoms with van der Waals surface area (Å²) >= 11 is 0. The first-order chi connectivity index (χ1) is 6.86. The Labute approximate surface area is 84.7 Å². The van der Waals surface area contributed by atoms with Crippen molar-refractivity contribution in [1.29, 1.82) is 0 Å². The lowest BCUT2D eigenvalue weighted by Gasteiger charge is -2.42. The van der Waals surface area contributed by atoms with Gasteiger partial charge in [0.2, 0.25) is 0 Å². The van der Waals surface area contributed by atoms with Crippen molar-refractivity contribution < 1.29 is 0 Å². The molecule has 0 aliphatic carbocycles. The summed E-state index contributed by atoms with van der Waals surface area (Å²) in [7, 11) is 2.27. The van der Waals surface area contributed by atoms with Crippen LogP contribution in [0, 0.1) is 0 Å². The molecule has 1 aromatic rings. The van der Waals surface area contributed by atoms with Crippen LogP contribution in [-0.2, 0) is 6.54 Å². The van der Waals surface area contributed by atoms with Gasteiger partial charge < -0.3 is 4.90 Å². The van der Waals surface area contributed by atoms with Gasteiger partial charge in [0, 0.05) is 30.4 Å². The van der Waals surface area contributed by atoms with Crippen LogP contribution in [0.25, 0.3) is 0 Å². The lowest BCUT2D eigenvalue weighted by molar-refractivity contribution is 0.125. The molecule has 1 fully saturated rings. The molecule has 3 heterocycles. The van der Waals surface area contributed by atoms with Gasteiger partial charge >= 0.3 is 0 Å². The summed E-state index contributed by atoms with van der Waals surface area (Å²) in [5.74, 6) is 0.741. The summed E-state index contributed by atoms with van der Waals surface area (Å²) in [6, 6.07) is 2.98. The van der Waals surface area contributed by atoms with Crippen LogP contribution in [0.2, 0.25) is 0 Å². The maximum atomic E-state index is 4.37. The van der Waals surface area contributed by atoms with E-state index in [1.54, 1.807) is 0 Å². The largest absolute Gasteiger partial charge is 0.303 e. The summed E-state index contributed by atoms with van der Waals surface area (Å²) in [5, 5.41) is 4.37. The summed E-state index contributed by atoms with van der Waals surface area (Å²) < 4.78 is 2.19. The predicted molar refractivity (Wildman–Crippen MR) is 55.2 cm³/mol. The molecule has 0 spiro atoms. The average molecular weight is 191 g/mol. The van der Waals surface area contributed by atoms with Crippen LogP contribution >= 0.6 is 0 Å². The highest BCUT2D eigenvalue weighted by molar-refractivity contribution is 5.15. The Bertz CT molecular complexity index is 331. The number of piperidine rings is 1. The van der Waals surface area contributed by atoms with E-state index in [0.29, 0.717) is 0 Å². The van der Waals surface area contributed by atoms with Crippen molar-refractivity contribution in [3.8, 4) is 0 Å². The lowest BCUT2D eigenvalue weighted by atomic mass is 9.83. The monoisotopic (exact) mass is 191 g/mol.